The lowest BCUT2D eigenvalue weighted by Crippen LogP contribution is -2.26. The van der Waals surface area contributed by atoms with Crippen LogP contribution in [0.15, 0.2) is 60.3 Å². The molecule has 1 N–H and O–H groups in total. The van der Waals surface area contributed by atoms with E-state index < -0.39 is 0 Å². The van der Waals surface area contributed by atoms with Gasteiger partial charge in [0.05, 0.1) is 0 Å². The van der Waals surface area contributed by atoms with Crippen molar-refractivity contribution in [3.63, 3.8) is 0 Å². The van der Waals surface area contributed by atoms with Gasteiger partial charge in [-0.1, -0.05) is 29.8 Å². The lowest BCUT2D eigenvalue weighted by molar-refractivity contribution is 0.0949. The third kappa shape index (κ3) is 4.72. The van der Waals surface area contributed by atoms with Crippen LogP contribution in [0.1, 0.15) is 49.5 Å². The smallest absolute Gasteiger partial charge is 0.269 e. The number of hydrogen-bond acceptors (Lipinski definition) is 3. The van der Waals surface area contributed by atoms with Crippen LogP contribution in [0.5, 0.6) is 0 Å². The van der Waals surface area contributed by atoms with E-state index in [9.17, 15) is 4.79 Å². The van der Waals surface area contributed by atoms with Gasteiger partial charge in [0.25, 0.3) is 5.91 Å². The summed E-state index contributed by atoms with van der Waals surface area (Å²) in [5, 5.41) is 3.01. The molecule has 0 spiro atoms. The summed E-state index contributed by atoms with van der Waals surface area (Å²) < 4.78 is 0. The molecule has 0 fully saturated rings. The average Bonchev–Trinajstić information content (AvgIpc) is 2.70. The Morgan fingerprint density at radius 1 is 1.15 bits per heavy atom. The standard InChI is InChI=1S/C22H27N3O/c1-2-25(19-11-7-4-8-12-19)20-14-16-23-21(17-20)22(26)24-15-13-18-9-5-3-6-10-18/h4,7-9,11-12,14,16-17H,2-3,5-6,10,13,15H2,1H3,(H,24,26). The number of allylic oxidation sites excluding steroid dienone is 1. The summed E-state index contributed by atoms with van der Waals surface area (Å²) >= 11 is 0. The summed E-state index contributed by atoms with van der Waals surface area (Å²) in [6.45, 7) is 3.60. The minimum atomic E-state index is -0.104. The van der Waals surface area contributed by atoms with Crippen molar-refractivity contribution in [1.82, 2.24) is 10.3 Å². The maximum atomic E-state index is 12.5. The number of hydrogen-bond donors (Lipinski definition) is 1. The molecule has 1 aromatic heterocycles. The van der Waals surface area contributed by atoms with Crippen LogP contribution in [0.25, 0.3) is 0 Å². The summed E-state index contributed by atoms with van der Waals surface area (Å²) in [5.41, 5.74) is 4.03. The van der Waals surface area contributed by atoms with E-state index in [1.54, 1.807) is 6.20 Å². The van der Waals surface area contributed by atoms with Crippen molar-refractivity contribution < 1.29 is 4.79 Å². The highest BCUT2D eigenvalue weighted by atomic mass is 16.1. The van der Waals surface area contributed by atoms with Gasteiger partial charge in [-0.2, -0.15) is 0 Å². The zero-order valence-corrected chi connectivity index (χ0v) is 15.4. The molecule has 3 rings (SSSR count). The SMILES string of the molecule is CCN(c1ccccc1)c1ccnc(C(=O)NCCC2=CCCCC2)c1. The molecule has 0 unspecified atom stereocenters. The van der Waals surface area contributed by atoms with Gasteiger partial charge in [-0.05, 0) is 63.3 Å². The van der Waals surface area contributed by atoms with Gasteiger partial charge in [0.1, 0.15) is 5.69 Å². The van der Waals surface area contributed by atoms with Gasteiger partial charge in [-0.15, -0.1) is 0 Å². The summed E-state index contributed by atoms with van der Waals surface area (Å²) in [5.74, 6) is -0.104. The largest absolute Gasteiger partial charge is 0.350 e. The molecule has 4 nitrogen and oxygen atoms in total. The predicted octanol–water partition coefficient (Wildman–Crippen LogP) is 4.86. The van der Waals surface area contributed by atoms with Crippen LogP contribution in [0.3, 0.4) is 0 Å². The van der Waals surface area contributed by atoms with Crippen LogP contribution in [0, 0.1) is 0 Å². The zero-order chi connectivity index (χ0) is 18.2. The first-order chi connectivity index (χ1) is 12.8. The van der Waals surface area contributed by atoms with E-state index in [1.165, 1.54) is 31.3 Å². The number of nitrogens with one attached hydrogen (secondary N) is 1. The van der Waals surface area contributed by atoms with Gasteiger partial charge in [-0.3, -0.25) is 9.78 Å². The number of nitrogens with zero attached hydrogens (tertiary/aromatic N) is 2. The van der Waals surface area contributed by atoms with Crippen LogP contribution in [-0.4, -0.2) is 24.0 Å². The number of anilines is 2. The number of amides is 1. The molecule has 1 aliphatic rings. The van der Waals surface area contributed by atoms with Crippen molar-refractivity contribution in [1.29, 1.82) is 0 Å². The van der Waals surface area contributed by atoms with Crippen LogP contribution in [0.2, 0.25) is 0 Å². The van der Waals surface area contributed by atoms with Crippen LogP contribution in [0.4, 0.5) is 11.4 Å². The number of benzene rings is 1. The molecule has 1 aromatic carbocycles. The molecule has 0 saturated carbocycles. The van der Waals surface area contributed by atoms with Gasteiger partial charge in [0.2, 0.25) is 0 Å². The molecule has 136 valence electrons. The Bertz CT molecular complexity index is 755. The topological polar surface area (TPSA) is 45.2 Å². The van der Waals surface area contributed by atoms with Gasteiger partial charge in [0, 0.05) is 30.7 Å². The molecule has 2 aromatic rings. The number of pyridine rings is 1. The minimum absolute atomic E-state index is 0.104. The fourth-order valence-electron chi connectivity index (χ4n) is 3.39. The van der Waals surface area contributed by atoms with E-state index in [1.807, 2.05) is 30.3 Å². The second-order valence-corrected chi connectivity index (χ2v) is 6.59. The monoisotopic (exact) mass is 349 g/mol. The highest BCUT2D eigenvalue weighted by Gasteiger charge is 2.12. The Morgan fingerprint density at radius 2 is 2.00 bits per heavy atom. The number of aromatic nitrogens is 1. The Morgan fingerprint density at radius 3 is 2.73 bits per heavy atom. The first-order valence-corrected chi connectivity index (χ1v) is 9.52. The van der Waals surface area contributed by atoms with Crippen molar-refractivity contribution in [3.8, 4) is 0 Å². The van der Waals surface area contributed by atoms with Gasteiger partial charge >= 0.3 is 0 Å². The van der Waals surface area contributed by atoms with Crippen molar-refractivity contribution in [2.75, 3.05) is 18.0 Å². The highest BCUT2D eigenvalue weighted by Crippen LogP contribution is 2.25. The molecule has 4 heteroatoms. The van der Waals surface area contributed by atoms with Gasteiger partial charge < -0.3 is 10.2 Å². The van der Waals surface area contributed by atoms with E-state index >= 15 is 0 Å². The van der Waals surface area contributed by atoms with Crippen LogP contribution < -0.4 is 10.2 Å². The summed E-state index contributed by atoms with van der Waals surface area (Å²) in [6.07, 6.45) is 9.90. The molecule has 0 atom stereocenters. The first-order valence-electron chi connectivity index (χ1n) is 9.52. The fourth-order valence-corrected chi connectivity index (χ4v) is 3.39. The maximum absolute atomic E-state index is 12.5. The van der Waals surface area contributed by atoms with Crippen molar-refractivity contribution in [2.24, 2.45) is 0 Å². The van der Waals surface area contributed by atoms with Crippen LogP contribution in [-0.2, 0) is 0 Å². The predicted molar refractivity (Wildman–Crippen MR) is 107 cm³/mol. The molecule has 1 heterocycles. The molecular weight excluding hydrogens is 322 g/mol. The molecule has 1 amide bonds. The van der Waals surface area contributed by atoms with Crippen LogP contribution >= 0.6 is 0 Å². The average molecular weight is 349 g/mol. The Kier molecular flexibility index (Phi) is 6.42. The first kappa shape index (κ1) is 18.2. The van der Waals surface area contributed by atoms with Crippen molar-refractivity contribution in [2.45, 2.75) is 39.0 Å². The highest BCUT2D eigenvalue weighted by molar-refractivity contribution is 5.93. The lowest BCUT2D eigenvalue weighted by Gasteiger charge is -2.23. The van der Waals surface area contributed by atoms with Crippen molar-refractivity contribution in [3.05, 3.63) is 66.0 Å². The molecule has 0 aliphatic heterocycles. The third-order valence-electron chi connectivity index (χ3n) is 4.79. The van der Waals surface area contributed by atoms with E-state index in [-0.39, 0.29) is 5.91 Å². The molecule has 1 aliphatic carbocycles. The number of rotatable bonds is 7. The molecule has 0 saturated heterocycles. The second-order valence-electron chi connectivity index (χ2n) is 6.59. The Hall–Kier alpha value is -2.62. The van der Waals surface area contributed by atoms with E-state index in [0.29, 0.717) is 12.2 Å². The number of carbonyl (C=O) groups is 1. The fraction of sp³-hybridized carbons (Fsp3) is 0.364. The number of para-hydroxylation sites is 1. The van der Waals surface area contributed by atoms with Gasteiger partial charge in [0.15, 0.2) is 0 Å². The molecular formula is C22H27N3O. The quantitative estimate of drug-likeness (QED) is 0.726. The lowest BCUT2D eigenvalue weighted by atomic mass is 9.97. The summed E-state index contributed by atoms with van der Waals surface area (Å²) in [7, 11) is 0. The Balaban J connectivity index is 1.64. The zero-order valence-electron chi connectivity index (χ0n) is 15.4. The summed E-state index contributed by atoms with van der Waals surface area (Å²) in [6, 6.07) is 14.0. The Labute approximate surface area is 155 Å². The molecule has 26 heavy (non-hydrogen) atoms. The molecule has 0 radical (unpaired) electrons. The van der Waals surface area contributed by atoms with E-state index in [0.717, 1.165) is 24.3 Å². The third-order valence-corrected chi connectivity index (χ3v) is 4.79. The maximum Gasteiger partial charge on any atom is 0.269 e. The summed E-state index contributed by atoms with van der Waals surface area (Å²) in [4.78, 5) is 18.9. The second kappa shape index (κ2) is 9.18. The molecule has 0 bridgehead atoms. The normalized spacial score (nSPS) is 13.8. The number of carbonyl (C=O) groups excluding carboxylic acids is 1. The van der Waals surface area contributed by atoms with Gasteiger partial charge in [-0.25, -0.2) is 0 Å². The van der Waals surface area contributed by atoms with E-state index in [2.05, 4.69) is 40.3 Å². The van der Waals surface area contributed by atoms with E-state index in [4.69, 9.17) is 0 Å². The van der Waals surface area contributed by atoms with Crippen molar-refractivity contribution >= 4 is 17.3 Å². The minimum Gasteiger partial charge on any atom is -0.350 e.